The first-order valence-electron chi connectivity index (χ1n) is 8.78. The fourth-order valence-electron chi connectivity index (χ4n) is 3.43. The van der Waals surface area contributed by atoms with Gasteiger partial charge in [-0.15, -0.1) is 0 Å². The molecule has 3 N–H and O–H groups in total. The van der Waals surface area contributed by atoms with E-state index < -0.39 is 11.9 Å². The molecule has 8 nitrogen and oxygen atoms in total. The number of aliphatic hydroxyl groups is 1. The molecule has 1 unspecified atom stereocenters. The van der Waals surface area contributed by atoms with E-state index in [9.17, 15) is 14.7 Å². The number of aromatic amines is 1. The van der Waals surface area contributed by atoms with Gasteiger partial charge in [-0.3, -0.25) is 14.9 Å². The van der Waals surface area contributed by atoms with Crippen LogP contribution in [0.25, 0.3) is 11.3 Å². The summed E-state index contributed by atoms with van der Waals surface area (Å²) in [6.45, 7) is 0.458. The highest BCUT2D eigenvalue weighted by atomic mass is 16.4. The van der Waals surface area contributed by atoms with E-state index in [-0.39, 0.29) is 18.1 Å². The predicted molar refractivity (Wildman–Crippen MR) is 99.3 cm³/mol. The van der Waals surface area contributed by atoms with Crippen molar-refractivity contribution in [1.82, 2.24) is 20.1 Å². The van der Waals surface area contributed by atoms with Crippen molar-refractivity contribution in [2.45, 2.75) is 19.0 Å². The average Bonchev–Trinajstić information content (AvgIpc) is 3.30. The summed E-state index contributed by atoms with van der Waals surface area (Å²) in [7, 11) is 0. The van der Waals surface area contributed by atoms with E-state index in [1.807, 2.05) is 0 Å². The fraction of sp³-hybridized carbons (Fsp3) is 0.200. The molecule has 1 aromatic carbocycles. The van der Waals surface area contributed by atoms with Crippen molar-refractivity contribution < 1.29 is 19.8 Å². The molecule has 0 bridgehead atoms. The minimum atomic E-state index is -0.985. The molecule has 1 aliphatic heterocycles. The van der Waals surface area contributed by atoms with E-state index in [2.05, 4.69) is 15.2 Å². The molecule has 28 heavy (non-hydrogen) atoms. The SMILES string of the molecule is O=C(O)c1ccc(-c2n[nH]c3c2CN(C(=O)C(CO)c2cccnc2)C3)cc1. The second-order valence-electron chi connectivity index (χ2n) is 6.63. The Hall–Kier alpha value is -3.52. The Balaban J connectivity index is 1.56. The lowest BCUT2D eigenvalue weighted by molar-refractivity contribution is -0.134. The third-order valence-corrected chi connectivity index (χ3v) is 4.94. The number of pyridine rings is 1. The lowest BCUT2D eigenvalue weighted by Gasteiger charge is -2.22. The van der Waals surface area contributed by atoms with Gasteiger partial charge in [0.15, 0.2) is 0 Å². The third-order valence-electron chi connectivity index (χ3n) is 4.94. The van der Waals surface area contributed by atoms with E-state index in [1.54, 1.807) is 41.6 Å². The summed E-state index contributed by atoms with van der Waals surface area (Å²) >= 11 is 0. The van der Waals surface area contributed by atoms with Gasteiger partial charge >= 0.3 is 5.97 Å². The topological polar surface area (TPSA) is 119 Å². The highest BCUT2D eigenvalue weighted by Crippen LogP contribution is 2.32. The van der Waals surface area contributed by atoms with E-state index in [0.29, 0.717) is 24.3 Å². The Bertz CT molecular complexity index is 1010. The van der Waals surface area contributed by atoms with Crippen LogP contribution in [0.15, 0.2) is 48.8 Å². The molecule has 1 aliphatic rings. The standard InChI is InChI=1S/C20H18N4O4/c25-11-16(14-2-1-7-21-8-14)19(26)24-9-15-17(10-24)22-23-18(15)12-3-5-13(6-4-12)20(27)28/h1-8,16,25H,9-11H2,(H,22,23)(H,27,28). The Morgan fingerprint density at radius 2 is 1.96 bits per heavy atom. The number of nitrogens with zero attached hydrogens (tertiary/aromatic N) is 3. The van der Waals surface area contributed by atoms with Crippen molar-refractivity contribution in [3.8, 4) is 11.3 Å². The van der Waals surface area contributed by atoms with Gasteiger partial charge in [-0.25, -0.2) is 4.79 Å². The summed E-state index contributed by atoms with van der Waals surface area (Å²) in [5, 5.41) is 26.1. The van der Waals surface area contributed by atoms with Crippen molar-refractivity contribution in [2.24, 2.45) is 0 Å². The van der Waals surface area contributed by atoms with Crippen molar-refractivity contribution in [3.63, 3.8) is 0 Å². The summed E-state index contributed by atoms with van der Waals surface area (Å²) in [6, 6.07) is 9.98. The number of carbonyl (C=O) groups is 2. The molecule has 0 spiro atoms. The summed E-state index contributed by atoms with van der Waals surface area (Å²) in [5.41, 5.74) is 4.10. The second kappa shape index (κ2) is 7.24. The van der Waals surface area contributed by atoms with Crippen LogP contribution in [-0.4, -0.2) is 48.8 Å². The van der Waals surface area contributed by atoms with Gasteiger partial charge in [0.2, 0.25) is 5.91 Å². The van der Waals surface area contributed by atoms with Gasteiger partial charge in [-0.05, 0) is 23.8 Å². The number of benzene rings is 1. The monoisotopic (exact) mass is 378 g/mol. The lowest BCUT2D eigenvalue weighted by Crippen LogP contribution is -2.32. The number of hydrogen-bond acceptors (Lipinski definition) is 5. The highest BCUT2D eigenvalue weighted by molar-refractivity contribution is 5.88. The second-order valence-corrected chi connectivity index (χ2v) is 6.63. The molecule has 3 heterocycles. The summed E-state index contributed by atoms with van der Waals surface area (Å²) in [5.74, 6) is -1.82. The quantitative estimate of drug-likeness (QED) is 0.623. The van der Waals surface area contributed by atoms with Crippen LogP contribution >= 0.6 is 0 Å². The molecule has 0 aliphatic carbocycles. The largest absolute Gasteiger partial charge is 0.478 e. The Morgan fingerprint density at radius 1 is 1.18 bits per heavy atom. The number of aromatic nitrogens is 3. The van der Waals surface area contributed by atoms with Gasteiger partial charge in [0.1, 0.15) is 0 Å². The normalized spacial score (nSPS) is 14.0. The Kier molecular flexibility index (Phi) is 4.62. The van der Waals surface area contributed by atoms with Crippen molar-refractivity contribution in [2.75, 3.05) is 6.61 Å². The molecular formula is C20H18N4O4. The number of nitrogens with one attached hydrogen (secondary N) is 1. The first-order valence-corrected chi connectivity index (χ1v) is 8.78. The minimum Gasteiger partial charge on any atom is -0.478 e. The van der Waals surface area contributed by atoms with E-state index in [1.165, 1.54) is 12.1 Å². The zero-order chi connectivity index (χ0) is 19.7. The molecule has 0 saturated heterocycles. The molecule has 1 amide bonds. The molecule has 8 heteroatoms. The first kappa shape index (κ1) is 17.9. The zero-order valence-electron chi connectivity index (χ0n) is 14.9. The van der Waals surface area contributed by atoms with Gasteiger partial charge in [-0.2, -0.15) is 5.10 Å². The van der Waals surface area contributed by atoms with Gasteiger partial charge in [0.05, 0.1) is 42.6 Å². The lowest BCUT2D eigenvalue weighted by atomic mass is 10.0. The Morgan fingerprint density at radius 3 is 2.61 bits per heavy atom. The molecule has 3 aromatic rings. The van der Waals surface area contributed by atoms with Gasteiger partial charge in [-0.1, -0.05) is 18.2 Å². The smallest absolute Gasteiger partial charge is 0.335 e. The molecule has 4 rings (SSSR count). The third kappa shape index (κ3) is 3.14. The maximum atomic E-state index is 12.9. The van der Waals surface area contributed by atoms with E-state index >= 15 is 0 Å². The number of fused-ring (bicyclic) bond motifs is 1. The predicted octanol–water partition coefficient (Wildman–Crippen LogP) is 1.79. The van der Waals surface area contributed by atoms with E-state index in [4.69, 9.17) is 5.11 Å². The zero-order valence-corrected chi connectivity index (χ0v) is 14.9. The van der Waals surface area contributed by atoms with Crippen molar-refractivity contribution in [1.29, 1.82) is 0 Å². The van der Waals surface area contributed by atoms with Crippen LogP contribution in [-0.2, 0) is 17.9 Å². The van der Waals surface area contributed by atoms with Crippen LogP contribution in [0, 0.1) is 0 Å². The number of carboxylic acids is 1. The molecule has 142 valence electrons. The first-order chi connectivity index (χ1) is 13.6. The Labute approximate surface area is 160 Å². The minimum absolute atomic E-state index is 0.174. The molecule has 0 saturated carbocycles. The van der Waals surface area contributed by atoms with Gasteiger partial charge < -0.3 is 15.1 Å². The van der Waals surface area contributed by atoms with Crippen molar-refractivity contribution in [3.05, 3.63) is 71.2 Å². The van der Waals surface area contributed by atoms with Crippen LogP contribution in [0.4, 0.5) is 0 Å². The summed E-state index contributed by atoms with van der Waals surface area (Å²) in [6.07, 6.45) is 3.21. The average molecular weight is 378 g/mol. The van der Waals surface area contributed by atoms with Crippen LogP contribution < -0.4 is 0 Å². The maximum absolute atomic E-state index is 12.9. The van der Waals surface area contributed by atoms with Gasteiger partial charge in [0, 0.05) is 23.5 Å². The van der Waals surface area contributed by atoms with Crippen LogP contribution in [0.2, 0.25) is 0 Å². The van der Waals surface area contributed by atoms with E-state index in [0.717, 1.165) is 16.8 Å². The summed E-state index contributed by atoms with van der Waals surface area (Å²) < 4.78 is 0. The number of rotatable bonds is 5. The number of amides is 1. The van der Waals surface area contributed by atoms with Crippen molar-refractivity contribution >= 4 is 11.9 Å². The fourth-order valence-corrected chi connectivity index (χ4v) is 3.43. The molecular weight excluding hydrogens is 360 g/mol. The number of carboxylic acid groups (broad SMARTS) is 1. The number of aromatic carboxylic acids is 1. The van der Waals surface area contributed by atoms with Crippen LogP contribution in [0.1, 0.15) is 33.1 Å². The highest BCUT2D eigenvalue weighted by Gasteiger charge is 2.33. The summed E-state index contributed by atoms with van der Waals surface area (Å²) in [4.78, 5) is 29.7. The number of aliphatic hydroxyl groups excluding tert-OH is 1. The molecule has 0 radical (unpaired) electrons. The number of H-pyrrole nitrogens is 1. The maximum Gasteiger partial charge on any atom is 0.335 e. The molecule has 2 aromatic heterocycles. The van der Waals surface area contributed by atoms with Gasteiger partial charge in [0.25, 0.3) is 0 Å². The molecule has 1 atom stereocenters. The number of carbonyl (C=O) groups excluding carboxylic acids is 1. The number of hydrogen-bond donors (Lipinski definition) is 3. The van der Waals surface area contributed by atoms with Crippen LogP contribution in [0.5, 0.6) is 0 Å². The van der Waals surface area contributed by atoms with Crippen LogP contribution in [0.3, 0.4) is 0 Å². The molecule has 0 fully saturated rings.